The number of methoxy groups -OCH3 is 2. The highest BCUT2D eigenvalue weighted by Crippen LogP contribution is 2.36. The molecule has 0 aliphatic carbocycles. The standard InChI is InChI=1S/C27H28N4O4/c1-32-23-9-8-20(16-24(23)33-2)22-17-25-28-21(19-6-4-3-5-7-19)18-26(31(25)29-22)30-12-10-27(11-13-30)34-14-15-35-27/h3-9,16-18H,10-15H2,1-2H3. The Morgan fingerprint density at radius 1 is 0.800 bits per heavy atom. The summed E-state index contributed by atoms with van der Waals surface area (Å²) in [5.74, 6) is 1.93. The van der Waals surface area contributed by atoms with E-state index in [0.29, 0.717) is 24.7 Å². The lowest BCUT2D eigenvalue weighted by atomic mass is 10.0. The minimum absolute atomic E-state index is 0.431. The number of rotatable bonds is 5. The second kappa shape index (κ2) is 8.87. The van der Waals surface area contributed by atoms with E-state index in [1.165, 1.54) is 0 Å². The average molecular weight is 473 g/mol. The van der Waals surface area contributed by atoms with E-state index >= 15 is 0 Å². The molecule has 8 heteroatoms. The molecular weight excluding hydrogens is 444 g/mol. The second-order valence-electron chi connectivity index (χ2n) is 8.83. The van der Waals surface area contributed by atoms with Crippen LogP contribution in [0.5, 0.6) is 11.5 Å². The number of piperidine rings is 1. The van der Waals surface area contributed by atoms with Crippen LogP contribution in [0, 0.1) is 0 Å². The summed E-state index contributed by atoms with van der Waals surface area (Å²) in [6.45, 7) is 2.98. The zero-order valence-electron chi connectivity index (χ0n) is 19.9. The molecule has 180 valence electrons. The molecule has 0 bridgehead atoms. The molecule has 0 atom stereocenters. The van der Waals surface area contributed by atoms with Gasteiger partial charge in [-0.15, -0.1) is 0 Å². The van der Waals surface area contributed by atoms with E-state index < -0.39 is 5.79 Å². The number of hydrogen-bond acceptors (Lipinski definition) is 7. The van der Waals surface area contributed by atoms with Crippen molar-refractivity contribution in [3.63, 3.8) is 0 Å². The number of benzene rings is 2. The molecule has 2 fully saturated rings. The van der Waals surface area contributed by atoms with Crippen molar-refractivity contribution in [3.05, 3.63) is 60.7 Å². The van der Waals surface area contributed by atoms with E-state index in [9.17, 15) is 0 Å². The summed E-state index contributed by atoms with van der Waals surface area (Å²) >= 11 is 0. The minimum atomic E-state index is -0.431. The van der Waals surface area contributed by atoms with Gasteiger partial charge in [0.25, 0.3) is 0 Å². The first kappa shape index (κ1) is 21.9. The van der Waals surface area contributed by atoms with Crippen LogP contribution in [0.2, 0.25) is 0 Å². The molecule has 2 aromatic carbocycles. The third-order valence-corrected chi connectivity index (χ3v) is 6.82. The van der Waals surface area contributed by atoms with Crippen molar-refractivity contribution in [1.29, 1.82) is 0 Å². The molecule has 35 heavy (non-hydrogen) atoms. The Morgan fingerprint density at radius 2 is 1.54 bits per heavy atom. The van der Waals surface area contributed by atoms with E-state index in [1.54, 1.807) is 14.2 Å². The Balaban J connectivity index is 1.43. The molecule has 2 saturated heterocycles. The summed E-state index contributed by atoms with van der Waals surface area (Å²) in [6.07, 6.45) is 1.64. The topological polar surface area (TPSA) is 70.4 Å². The lowest BCUT2D eigenvalue weighted by molar-refractivity contribution is -0.169. The normalized spacial score (nSPS) is 17.3. The van der Waals surface area contributed by atoms with Crippen molar-refractivity contribution in [2.24, 2.45) is 0 Å². The number of fused-ring (bicyclic) bond motifs is 1. The van der Waals surface area contributed by atoms with Gasteiger partial charge in [0.2, 0.25) is 0 Å². The third kappa shape index (κ3) is 3.98. The fraction of sp³-hybridized carbons (Fsp3) is 0.333. The fourth-order valence-corrected chi connectivity index (χ4v) is 4.94. The Kier molecular flexibility index (Phi) is 5.54. The number of hydrogen-bond donors (Lipinski definition) is 0. The monoisotopic (exact) mass is 472 g/mol. The van der Waals surface area contributed by atoms with E-state index in [2.05, 4.69) is 23.1 Å². The molecule has 0 amide bonds. The van der Waals surface area contributed by atoms with E-state index in [0.717, 1.165) is 59.9 Å². The maximum atomic E-state index is 5.94. The summed E-state index contributed by atoms with van der Waals surface area (Å²) in [7, 11) is 3.27. The Labute approximate surface area is 204 Å². The van der Waals surface area contributed by atoms with Gasteiger partial charge in [0, 0.05) is 49.2 Å². The lowest BCUT2D eigenvalue weighted by Gasteiger charge is -2.38. The summed E-state index contributed by atoms with van der Waals surface area (Å²) in [5, 5.41) is 4.97. The van der Waals surface area contributed by atoms with Gasteiger partial charge in [-0.3, -0.25) is 0 Å². The molecule has 4 aromatic rings. The second-order valence-corrected chi connectivity index (χ2v) is 8.83. The van der Waals surface area contributed by atoms with Crippen LogP contribution < -0.4 is 14.4 Å². The highest BCUT2D eigenvalue weighted by atomic mass is 16.7. The molecule has 0 radical (unpaired) electrons. The smallest absolute Gasteiger partial charge is 0.171 e. The average Bonchev–Trinajstić information content (AvgIpc) is 3.56. The van der Waals surface area contributed by atoms with E-state index in [-0.39, 0.29) is 0 Å². The number of nitrogens with zero attached hydrogens (tertiary/aromatic N) is 4. The summed E-state index contributed by atoms with van der Waals surface area (Å²) in [5.41, 5.74) is 4.54. The van der Waals surface area contributed by atoms with Gasteiger partial charge >= 0.3 is 0 Å². The number of ether oxygens (including phenoxy) is 4. The van der Waals surface area contributed by atoms with Gasteiger partial charge in [0.05, 0.1) is 38.8 Å². The molecule has 0 saturated carbocycles. The highest BCUT2D eigenvalue weighted by molar-refractivity contribution is 5.72. The molecular formula is C27H28N4O4. The van der Waals surface area contributed by atoms with Crippen LogP contribution in [0.1, 0.15) is 12.8 Å². The summed E-state index contributed by atoms with van der Waals surface area (Å²) in [4.78, 5) is 7.31. The van der Waals surface area contributed by atoms with Crippen LogP contribution in [0.25, 0.3) is 28.2 Å². The van der Waals surface area contributed by atoms with Gasteiger partial charge in [-0.2, -0.15) is 9.61 Å². The third-order valence-electron chi connectivity index (χ3n) is 6.82. The van der Waals surface area contributed by atoms with Gasteiger partial charge in [-0.1, -0.05) is 30.3 Å². The molecule has 4 heterocycles. The Bertz CT molecular complexity index is 1340. The first-order valence-corrected chi connectivity index (χ1v) is 11.9. The zero-order chi connectivity index (χ0) is 23.8. The summed E-state index contributed by atoms with van der Waals surface area (Å²) in [6, 6.07) is 20.2. The van der Waals surface area contributed by atoms with Crippen LogP contribution in [0.15, 0.2) is 60.7 Å². The molecule has 8 nitrogen and oxygen atoms in total. The van der Waals surface area contributed by atoms with Crippen molar-refractivity contribution in [3.8, 4) is 34.0 Å². The van der Waals surface area contributed by atoms with Crippen molar-refractivity contribution >= 4 is 11.5 Å². The van der Waals surface area contributed by atoms with Crippen LogP contribution in [-0.2, 0) is 9.47 Å². The highest BCUT2D eigenvalue weighted by Gasteiger charge is 2.40. The van der Waals surface area contributed by atoms with Crippen LogP contribution in [0.4, 0.5) is 5.82 Å². The predicted molar refractivity (Wildman–Crippen MR) is 133 cm³/mol. The minimum Gasteiger partial charge on any atom is -0.493 e. The Morgan fingerprint density at radius 3 is 2.26 bits per heavy atom. The Hall–Kier alpha value is -3.62. The predicted octanol–water partition coefficient (Wildman–Crippen LogP) is 4.42. The van der Waals surface area contributed by atoms with Crippen LogP contribution in [-0.4, -0.2) is 60.9 Å². The molecule has 2 aromatic heterocycles. The van der Waals surface area contributed by atoms with Gasteiger partial charge in [-0.05, 0) is 18.2 Å². The number of anilines is 1. The lowest BCUT2D eigenvalue weighted by Crippen LogP contribution is -2.45. The number of aromatic nitrogens is 3. The van der Waals surface area contributed by atoms with Gasteiger partial charge in [0.1, 0.15) is 5.82 Å². The van der Waals surface area contributed by atoms with Crippen molar-refractivity contribution < 1.29 is 18.9 Å². The molecule has 2 aliphatic heterocycles. The molecule has 2 aliphatic rings. The maximum absolute atomic E-state index is 5.94. The molecule has 0 unspecified atom stereocenters. The quantitative estimate of drug-likeness (QED) is 0.426. The largest absolute Gasteiger partial charge is 0.493 e. The van der Waals surface area contributed by atoms with Gasteiger partial charge in [0.15, 0.2) is 22.9 Å². The summed E-state index contributed by atoms with van der Waals surface area (Å²) < 4.78 is 24.7. The molecule has 6 rings (SSSR count). The molecule has 1 spiro atoms. The van der Waals surface area contributed by atoms with E-state index in [4.69, 9.17) is 29.0 Å². The first-order valence-electron chi connectivity index (χ1n) is 11.9. The van der Waals surface area contributed by atoms with Crippen molar-refractivity contribution in [1.82, 2.24) is 14.6 Å². The first-order chi connectivity index (χ1) is 17.2. The SMILES string of the molecule is COc1ccc(-c2cc3nc(-c4ccccc4)cc(N4CCC5(CC4)OCCO5)n3n2)cc1OC. The van der Waals surface area contributed by atoms with Crippen molar-refractivity contribution in [2.75, 3.05) is 45.4 Å². The zero-order valence-corrected chi connectivity index (χ0v) is 19.9. The molecule has 0 N–H and O–H groups in total. The van der Waals surface area contributed by atoms with Crippen molar-refractivity contribution in [2.45, 2.75) is 18.6 Å². The fourth-order valence-electron chi connectivity index (χ4n) is 4.94. The van der Waals surface area contributed by atoms with E-state index in [1.807, 2.05) is 47.0 Å². The van der Waals surface area contributed by atoms with Gasteiger partial charge in [-0.25, -0.2) is 4.98 Å². The van der Waals surface area contributed by atoms with Crippen LogP contribution in [0.3, 0.4) is 0 Å². The maximum Gasteiger partial charge on any atom is 0.171 e. The van der Waals surface area contributed by atoms with Crippen LogP contribution >= 0.6 is 0 Å². The van der Waals surface area contributed by atoms with Gasteiger partial charge < -0.3 is 23.8 Å².